The van der Waals surface area contributed by atoms with Gasteiger partial charge in [0.1, 0.15) is 0 Å². The summed E-state index contributed by atoms with van der Waals surface area (Å²) in [5.74, 6) is -0.300. The van der Waals surface area contributed by atoms with Crippen molar-refractivity contribution in [3.05, 3.63) is 83.4 Å². The highest BCUT2D eigenvalue weighted by atomic mass is 16.2. The molecule has 8 heteroatoms. The highest BCUT2D eigenvalue weighted by Gasteiger charge is 2.30. The van der Waals surface area contributed by atoms with Gasteiger partial charge in [-0.3, -0.25) is 19.3 Å². The highest BCUT2D eigenvalue weighted by molar-refractivity contribution is 5.94. The van der Waals surface area contributed by atoms with Crippen molar-refractivity contribution in [1.82, 2.24) is 25.0 Å². The van der Waals surface area contributed by atoms with Crippen LogP contribution in [-0.2, 0) is 17.9 Å². The third-order valence-corrected chi connectivity index (χ3v) is 5.02. The monoisotopic (exact) mass is 400 g/mol. The van der Waals surface area contributed by atoms with Crippen LogP contribution in [0.3, 0.4) is 0 Å². The molecule has 0 aliphatic carbocycles. The first-order chi connectivity index (χ1) is 14.6. The minimum atomic E-state index is -0.268. The number of nitrogens with one attached hydrogen (secondary N) is 1. The minimum Gasteiger partial charge on any atom is -0.350 e. The van der Waals surface area contributed by atoms with Crippen molar-refractivity contribution in [1.29, 1.82) is 5.26 Å². The average Bonchev–Trinajstić information content (AvgIpc) is 3.27. The number of hydrogen-bond acceptors (Lipinski definition) is 5. The first-order valence-electron chi connectivity index (χ1n) is 9.62. The van der Waals surface area contributed by atoms with Crippen molar-refractivity contribution in [2.75, 3.05) is 6.54 Å². The molecule has 8 nitrogen and oxygen atoms in total. The molecule has 1 aliphatic rings. The van der Waals surface area contributed by atoms with Gasteiger partial charge in [-0.05, 0) is 36.4 Å². The first-order valence-corrected chi connectivity index (χ1v) is 9.62. The van der Waals surface area contributed by atoms with Crippen LogP contribution in [0, 0.1) is 11.3 Å². The summed E-state index contributed by atoms with van der Waals surface area (Å²) in [6.45, 7) is 1.12. The lowest BCUT2D eigenvalue weighted by Gasteiger charge is -2.33. The Bertz CT molecular complexity index is 1100. The SMILES string of the molecule is N#Cc1cccc(C(=O)N2Cc3ccnn3[C@@H](CC(=O)NCc3ccccn3)C2)c1. The van der Waals surface area contributed by atoms with Gasteiger partial charge < -0.3 is 10.2 Å². The van der Waals surface area contributed by atoms with Gasteiger partial charge in [0.2, 0.25) is 5.91 Å². The van der Waals surface area contributed by atoms with E-state index in [0.717, 1.165) is 11.4 Å². The number of nitrogens with zero attached hydrogens (tertiary/aromatic N) is 5. The van der Waals surface area contributed by atoms with Gasteiger partial charge in [-0.1, -0.05) is 12.1 Å². The largest absolute Gasteiger partial charge is 0.350 e. The average molecular weight is 400 g/mol. The van der Waals surface area contributed by atoms with Crippen molar-refractivity contribution in [3.63, 3.8) is 0 Å². The maximum atomic E-state index is 13.0. The molecule has 0 bridgehead atoms. The second-order valence-electron chi connectivity index (χ2n) is 7.10. The second kappa shape index (κ2) is 8.57. The van der Waals surface area contributed by atoms with Crippen LogP contribution in [0.2, 0.25) is 0 Å². The van der Waals surface area contributed by atoms with Gasteiger partial charge in [-0.25, -0.2) is 0 Å². The quantitative estimate of drug-likeness (QED) is 0.706. The normalized spacial score (nSPS) is 15.2. The molecule has 150 valence electrons. The first kappa shape index (κ1) is 19.3. The van der Waals surface area contributed by atoms with E-state index in [-0.39, 0.29) is 24.3 Å². The fourth-order valence-electron chi connectivity index (χ4n) is 3.58. The Morgan fingerprint density at radius 2 is 2.07 bits per heavy atom. The molecule has 1 aromatic carbocycles. The number of benzene rings is 1. The Labute approximate surface area is 173 Å². The smallest absolute Gasteiger partial charge is 0.254 e. The molecule has 2 amide bonds. The zero-order valence-corrected chi connectivity index (χ0v) is 16.2. The van der Waals surface area contributed by atoms with Crippen LogP contribution in [0.15, 0.2) is 60.9 Å². The minimum absolute atomic E-state index is 0.132. The molecule has 0 fully saturated rings. The van der Waals surface area contributed by atoms with Crippen LogP contribution < -0.4 is 5.32 Å². The van der Waals surface area contributed by atoms with E-state index in [4.69, 9.17) is 5.26 Å². The maximum Gasteiger partial charge on any atom is 0.254 e. The highest BCUT2D eigenvalue weighted by Crippen LogP contribution is 2.24. The Hall–Kier alpha value is -3.99. The van der Waals surface area contributed by atoms with Gasteiger partial charge in [-0.15, -0.1) is 0 Å². The van der Waals surface area contributed by atoms with Gasteiger partial charge >= 0.3 is 0 Å². The summed E-state index contributed by atoms with van der Waals surface area (Å²) in [6, 6.07) is 15.8. The summed E-state index contributed by atoms with van der Waals surface area (Å²) < 4.78 is 1.82. The zero-order valence-electron chi connectivity index (χ0n) is 16.2. The number of amides is 2. The number of fused-ring (bicyclic) bond motifs is 1. The van der Waals surface area contributed by atoms with E-state index >= 15 is 0 Å². The third kappa shape index (κ3) is 4.20. The van der Waals surface area contributed by atoms with Gasteiger partial charge in [0.05, 0.1) is 48.6 Å². The van der Waals surface area contributed by atoms with E-state index in [9.17, 15) is 9.59 Å². The molecule has 0 saturated carbocycles. The van der Waals surface area contributed by atoms with Gasteiger partial charge in [0, 0.05) is 24.5 Å². The summed E-state index contributed by atoms with van der Waals surface area (Å²) in [5.41, 5.74) is 2.55. The molecule has 4 rings (SSSR count). The van der Waals surface area contributed by atoms with E-state index in [1.54, 1.807) is 41.6 Å². The fraction of sp³-hybridized carbons (Fsp3) is 0.227. The summed E-state index contributed by atoms with van der Waals surface area (Å²) >= 11 is 0. The molecule has 2 aromatic heterocycles. The Kier molecular flexibility index (Phi) is 5.52. The van der Waals surface area contributed by atoms with E-state index in [1.165, 1.54) is 0 Å². The van der Waals surface area contributed by atoms with Crippen LogP contribution in [0.4, 0.5) is 0 Å². The number of nitriles is 1. The molecular formula is C22H20N6O2. The topological polar surface area (TPSA) is 104 Å². The number of hydrogen-bond donors (Lipinski definition) is 1. The second-order valence-corrected chi connectivity index (χ2v) is 7.10. The summed E-state index contributed by atoms with van der Waals surface area (Å²) in [4.78, 5) is 31.4. The molecule has 0 unspecified atom stereocenters. The molecule has 0 radical (unpaired) electrons. The summed E-state index contributed by atoms with van der Waals surface area (Å²) in [6.07, 6.45) is 3.56. The Morgan fingerprint density at radius 1 is 1.17 bits per heavy atom. The van der Waals surface area contributed by atoms with Crippen LogP contribution in [0.1, 0.15) is 39.8 Å². The van der Waals surface area contributed by atoms with Crippen molar-refractivity contribution in [3.8, 4) is 6.07 Å². The van der Waals surface area contributed by atoms with E-state index < -0.39 is 0 Å². The lowest BCUT2D eigenvalue weighted by Crippen LogP contribution is -2.43. The number of rotatable bonds is 5. The third-order valence-electron chi connectivity index (χ3n) is 5.02. The van der Waals surface area contributed by atoms with E-state index in [1.807, 2.05) is 28.9 Å². The van der Waals surface area contributed by atoms with Crippen molar-refractivity contribution >= 4 is 11.8 Å². The zero-order chi connectivity index (χ0) is 20.9. The predicted molar refractivity (Wildman–Crippen MR) is 108 cm³/mol. The molecule has 0 spiro atoms. The van der Waals surface area contributed by atoms with Gasteiger partial charge in [0.25, 0.3) is 5.91 Å². The van der Waals surface area contributed by atoms with Crippen molar-refractivity contribution in [2.24, 2.45) is 0 Å². The van der Waals surface area contributed by atoms with E-state index in [0.29, 0.717) is 30.8 Å². The molecule has 1 aliphatic heterocycles. The molecule has 30 heavy (non-hydrogen) atoms. The molecule has 3 aromatic rings. The Balaban J connectivity index is 1.46. The maximum absolute atomic E-state index is 13.0. The van der Waals surface area contributed by atoms with Crippen molar-refractivity contribution < 1.29 is 9.59 Å². The molecule has 3 heterocycles. The van der Waals surface area contributed by atoms with Crippen LogP contribution >= 0.6 is 0 Å². The Morgan fingerprint density at radius 3 is 2.87 bits per heavy atom. The number of aromatic nitrogens is 3. The fourth-order valence-corrected chi connectivity index (χ4v) is 3.58. The standard InChI is InChI=1S/C22H20N6O2/c23-12-16-4-3-5-17(10-16)22(30)27-14-19-7-9-26-28(19)20(15-27)11-21(29)25-13-18-6-1-2-8-24-18/h1-10,20H,11,13-15H2,(H,25,29)/t20-/m0/s1. The summed E-state index contributed by atoms with van der Waals surface area (Å²) in [7, 11) is 0. The van der Waals surface area contributed by atoms with Crippen LogP contribution in [-0.4, -0.2) is 38.0 Å². The van der Waals surface area contributed by atoms with Crippen LogP contribution in [0.25, 0.3) is 0 Å². The van der Waals surface area contributed by atoms with Gasteiger partial charge in [-0.2, -0.15) is 10.4 Å². The molecule has 1 N–H and O–H groups in total. The summed E-state index contributed by atoms with van der Waals surface area (Å²) in [5, 5.41) is 16.3. The predicted octanol–water partition coefficient (Wildman–Crippen LogP) is 2.05. The molecule has 0 saturated heterocycles. The van der Waals surface area contributed by atoms with E-state index in [2.05, 4.69) is 21.5 Å². The number of carbonyl (C=O) groups is 2. The number of carbonyl (C=O) groups excluding carboxylic acids is 2. The lowest BCUT2D eigenvalue weighted by molar-refractivity contribution is -0.122. The number of pyridine rings is 1. The van der Waals surface area contributed by atoms with Gasteiger partial charge in [0.15, 0.2) is 0 Å². The molecular weight excluding hydrogens is 380 g/mol. The molecule has 1 atom stereocenters. The lowest BCUT2D eigenvalue weighted by atomic mass is 10.1. The van der Waals surface area contributed by atoms with Crippen molar-refractivity contribution in [2.45, 2.75) is 25.6 Å². The van der Waals surface area contributed by atoms with Crippen LogP contribution in [0.5, 0.6) is 0 Å².